The number of rotatable bonds is 9. The van der Waals surface area contributed by atoms with Crippen molar-refractivity contribution in [2.45, 2.75) is 45.6 Å². The molecule has 1 unspecified atom stereocenters. The first-order chi connectivity index (χ1) is 19.6. The fourth-order valence-corrected chi connectivity index (χ4v) is 4.93. The Morgan fingerprint density at radius 1 is 0.976 bits per heavy atom. The van der Waals surface area contributed by atoms with E-state index in [2.05, 4.69) is 16.0 Å². The molecule has 0 saturated heterocycles. The molecule has 4 N–H and O–H groups in total. The first-order valence-electron chi connectivity index (χ1n) is 13.4. The zero-order valence-electron chi connectivity index (χ0n) is 23.3. The number of nitrogens with zero attached hydrogens (tertiary/aromatic N) is 1. The molecule has 0 fully saturated rings. The summed E-state index contributed by atoms with van der Waals surface area (Å²) in [6, 6.07) is 16.8. The van der Waals surface area contributed by atoms with Crippen LogP contribution in [-0.2, 0) is 33.6 Å². The number of hydrogen-bond acceptors (Lipinski definition) is 5. The summed E-state index contributed by atoms with van der Waals surface area (Å²) >= 11 is 0. The minimum Gasteiger partial charge on any atom is -0.495 e. The second-order valence-corrected chi connectivity index (χ2v) is 10.0. The Kier molecular flexibility index (Phi) is 9.23. The van der Waals surface area contributed by atoms with E-state index in [1.807, 2.05) is 43.3 Å². The highest BCUT2D eigenvalue weighted by Gasteiger charge is 2.25. The maximum atomic E-state index is 13.4. The molecule has 1 atom stereocenters. The Morgan fingerprint density at radius 3 is 2.41 bits per heavy atom. The SMILES string of the molecule is COc1cc(CC(=O)N2CCCc3cc(CC(NC(C)=O)C(=O)O)ccc32)ccc1NC(=O)Nc1ccccc1C. The van der Waals surface area contributed by atoms with Crippen LogP contribution in [0.25, 0.3) is 0 Å². The molecule has 0 saturated carbocycles. The Morgan fingerprint density at radius 2 is 1.71 bits per heavy atom. The summed E-state index contributed by atoms with van der Waals surface area (Å²) in [7, 11) is 1.50. The molecule has 214 valence electrons. The molecule has 10 heteroatoms. The lowest BCUT2D eigenvalue weighted by atomic mass is 9.96. The van der Waals surface area contributed by atoms with Crippen molar-refractivity contribution < 1.29 is 29.0 Å². The monoisotopic (exact) mass is 558 g/mol. The molecule has 3 aromatic rings. The summed E-state index contributed by atoms with van der Waals surface area (Å²) in [6.45, 7) is 3.77. The number of anilines is 3. The third-order valence-corrected chi connectivity index (χ3v) is 6.94. The Bertz CT molecular complexity index is 1470. The molecule has 0 aromatic heterocycles. The average Bonchev–Trinajstić information content (AvgIpc) is 2.94. The number of aliphatic carboxylic acids is 1. The number of nitrogens with one attached hydrogen (secondary N) is 3. The predicted octanol–water partition coefficient (Wildman–Crippen LogP) is 4.30. The van der Waals surface area contributed by atoms with Crippen LogP contribution in [0.4, 0.5) is 21.9 Å². The van der Waals surface area contributed by atoms with Gasteiger partial charge in [-0.1, -0.05) is 36.4 Å². The van der Waals surface area contributed by atoms with E-state index in [0.29, 0.717) is 23.7 Å². The van der Waals surface area contributed by atoms with Gasteiger partial charge in [0.1, 0.15) is 11.8 Å². The van der Waals surface area contributed by atoms with E-state index in [4.69, 9.17) is 4.74 Å². The van der Waals surface area contributed by atoms with Gasteiger partial charge in [-0.05, 0) is 66.3 Å². The molecule has 4 rings (SSSR count). The van der Waals surface area contributed by atoms with Crippen molar-refractivity contribution in [3.63, 3.8) is 0 Å². The van der Waals surface area contributed by atoms with Gasteiger partial charge in [0.2, 0.25) is 11.8 Å². The van der Waals surface area contributed by atoms with E-state index in [0.717, 1.165) is 40.8 Å². The number of para-hydroxylation sites is 1. The molecule has 0 spiro atoms. The van der Waals surface area contributed by atoms with Gasteiger partial charge in [0.15, 0.2) is 0 Å². The average molecular weight is 559 g/mol. The summed E-state index contributed by atoms with van der Waals surface area (Å²) in [5.41, 5.74) is 5.39. The van der Waals surface area contributed by atoms with E-state index >= 15 is 0 Å². The largest absolute Gasteiger partial charge is 0.495 e. The molecule has 0 aliphatic carbocycles. The maximum Gasteiger partial charge on any atom is 0.326 e. The van der Waals surface area contributed by atoms with Gasteiger partial charge in [-0.3, -0.25) is 9.59 Å². The van der Waals surface area contributed by atoms with Gasteiger partial charge in [-0.15, -0.1) is 0 Å². The Labute approximate surface area is 238 Å². The fourth-order valence-electron chi connectivity index (χ4n) is 4.93. The van der Waals surface area contributed by atoms with Gasteiger partial charge in [-0.2, -0.15) is 0 Å². The van der Waals surface area contributed by atoms with Gasteiger partial charge < -0.3 is 30.7 Å². The number of carboxylic acid groups (broad SMARTS) is 1. The number of benzene rings is 3. The lowest BCUT2D eigenvalue weighted by Crippen LogP contribution is -2.41. The highest BCUT2D eigenvalue weighted by molar-refractivity contribution is 6.01. The van der Waals surface area contributed by atoms with Crippen LogP contribution in [-0.4, -0.2) is 48.6 Å². The lowest BCUT2D eigenvalue weighted by molar-refractivity contribution is -0.141. The molecule has 3 aromatic carbocycles. The quantitative estimate of drug-likeness (QED) is 0.309. The molecular weight excluding hydrogens is 524 g/mol. The number of fused-ring (bicyclic) bond motifs is 1. The van der Waals surface area contributed by atoms with Crippen molar-refractivity contribution in [2.75, 3.05) is 29.2 Å². The minimum absolute atomic E-state index is 0.0829. The van der Waals surface area contributed by atoms with Crippen LogP contribution in [0.5, 0.6) is 5.75 Å². The molecule has 1 aliphatic heterocycles. The van der Waals surface area contributed by atoms with Crippen LogP contribution >= 0.6 is 0 Å². The van der Waals surface area contributed by atoms with Crippen molar-refractivity contribution in [2.24, 2.45) is 0 Å². The number of amides is 4. The van der Waals surface area contributed by atoms with Crippen molar-refractivity contribution in [1.29, 1.82) is 0 Å². The standard InChI is InChI=1S/C31H34N4O6/c1-19-7-4-5-9-24(19)33-31(40)34-25-12-10-22(17-28(25)41-3)18-29(37)35-14-6-8-23-15-21(11-13-27(23)35)16-26(30(38)39)32-20(2)36/h4-5,7,9-13,15,17,26H,6,8,14,16,18H2,1-3H3,(H,32,36)(H,38,39)(H2,33,34,40). The Hall–Kier alpha value is -4.86. The summed E-state index contributed by atoms with van der Waals surface area (Å²) in [6.07, 6.45) is 1.83. The summed E-state index contributed by atoms with van der Waals surface area (Å²) < 4.78 is 5.49. The topological polar surface area (TPSA) is 137 Å². The first-order valence-corrected chi connectivity index (χ1v) is 13.4. The van der Waals surface area contributed by atoms with Gasteiger partial charge in [0.05, 0.1) is 19.2 Å². The van der Waals surface area contributed by atoms with E-state index in [9.17, 15) is 24.3 Å². The van der Waals surface area contributed by atoms with Crippen LogP contribution in [0, 0.1) is 6.92 Å². The zero-order valence-corrected chi connectivity index (χ0v) is 23.3. The second-order valence-electron chi connectivity index (χ2n) is 10.0. The van der Waals surface area contributed by atoms with Gasteiger partial charge >= 0.3 is 12.0 Å². The van der Waals surface area contributed by atoms with Gasteiger partial charge in [-0.25, -0.2) is 9.59 Å². The third-order valence-electron chi connectivity index (χ3n) is 6.94. The first kappa shape index (κ1) is 29.1. The number of aryl methyl sites for hydroxylation is 2. The van der Waals surface area contributed by atoms with Crippen molar-refractivity contribution >= 4 is 40.9 Å². The molecule has 1 aliphatic rings. The molecule has 0 radical (unpaired) electrons. The van der Waals surface area contributed by atoms with Gasteiger partial charge in [0, 0.05) is 31.3 Å². The van der Waals surface area contributed by atoms with Crippen molar-refractivity contribution in [1.82, 2.24) is 5.32 Å². The number of hydrogen-bond donors (Lipinski definition) is 4. The third kappa shape index (κ3) is 7.42. The minimum atomic E-state index is -1.10. The van der Waals surface area contributed by atoms with Crippen LogP contribution in [0.1, 0.15) is 35.6 Å². The highest BCUT2D eigenvalue weighted by Crippen LogP contribution is 2.31. The van der Waals surface area contributed by atoms with Crippen LogP contribution in [0.3, 0.4) is 0 Å². The highest BCUT2D eigenvalue weighted by atomic mass is 16.5. The summed E-state index contributed by atoms with van der Waals surface area (Å²) in [4.78, 5) is 50.6. The smallest absolute Gasteiger partial charge is 0.326 e. The van der Waals surface area contributed by atoms with E-state index in [1.165, 1.54) is 14.0 Å². The number of carboxylic acids is 1. The zero-order chi connectivity index (χ0) is 29.5. The molecular formula is C31H34N4O6. The van der Waals surface area contributed by atoms with Crippen molar-refractivity contribution in [3.05, 3.63) is 82.9 Å². The fraction of sp³-hybridized carbons (Fsp3) is 0.290. The predicted molar refractivity (Wildman–Crippen MR) is 157 cm³/mol. The number of methoxy groups -OCH3 is 1. The second kappa shape index (κ2) is 13.0. The van der Waals surface area contributed by atoms with Crippen molar-refractivity contribution in [3.8, 4) is 5.75 Å². The van der Waals surface area contributed by atoms with E-state index < -0.39 is 23.9 Å². The summed E-state index contributed by atoms with van der Waals surface area (Å²) in [5.74, 6) is -1.15. The summed E-state index contributed by atoms with van der Waals surface area (Å²) in [5, 5.41) is 17.5. The number of urea groups is 1. The molecule has 0 bridgehead atoms. The van der Waals surface area contributed by atoms with Crippen LogP contribution < -0.4 is 25.6 Å². The maximum absolute atomic E-state index is 13.4. The Balaban J connectivity index is 1.44. The number of carbonyl (C=O) groups excluding carboxylic acids is 3. The van der Waals surface area contributed by atoms with E-state index in [1.54, 1.807) is 29.2 Å². The molecule has 4 amide bonds. The molecule has 1 heterocycles. The van der Waals surface area contributed by atoms with Gasteiger partial charge in [0.25, 0.3) is 0 Å². The van der Waals surface area contributed by atoms with Crippen LogP contribution in [0.15, 0.2) is 60.7 Å². The normalized spacial score (nSPS) is 13.0. The molecule has 41 heavy (non-hydrogen) atoms. The lowest BCUT2D eigenvalue weighted by Gasteiger charge is -2.30. The molecule has 10 nitrogen and oxygen atoms in total. The number of carbonyl (C=O) groups is 4. The number of ether oxygens (including phenoxy) is 1. The van der Waals surface area contributed by atoms with E-state index in [-0.39, 0.29) is 18.7 Å². The van der Waals surface area contributed by atoms with Crippen LogP contribution in [0.2, 0.25) is 0 Å².